The first-order valence-corrected chi connectivity index (χ1v) is 6.64. The molecule has 1 unspecified atom stereocenters. The van der Waals surface area contributed by atoms with Crippen molar-refractivity contribution in [1.29, 1.82) is 0 Å². The molecule has 0 aromatic heterocycles. The minimum absolute atomic E-state index is 1.03. The molecular formula is C13H27N. The molecule has 1 N–H and O–H groups in total. The summed E-state index contributed by atoms with van der Waals surface area (Å²) in [5.74, 6) is 1.03. The first kappa shape index (κ1) is 12.0. The van der Waals surface area contributed by atoms with E-state index in [2.05, 4.69) is 12.2 Å². The maximum atomic E-state index is 3.49. The highest BCUT2D eigenvalue weighted by Crippen LogP contribution is 2.20. The van der Waals surface area contributed by atoms with Gasteiger partial charge in [0, 0.05) is 0 Å². The third-order valence-electron chi connectivity index (χ3n) is 3.41. The number of hydrogen-bond donors (Lipinski definition) is 1. The normalized spacial score (nSPS) is 23.4. The van der Waals surface area contributed by atoms with Crippen molar-refractivity contribution in [2.24, 2.45) is 5.92 Å². The van der Waals surface area contributed by atoms with Crippen LogP contribution in [0.4, 0.5) is 0 Å². The van der Waals surface area contributed by atoms with Gasteiger partial charge in [-0.25, -0.2) is 0 Å². The molecule has 0 aliphatic carbocycles. The highest BCUT2D eigenvalue weighted by molar-refractivity contribution is 4.66. The summed E-state index contributed by atoms with van der Waals surface area (Å²) >= 11 is 0. The predicted molar refractivity (Wildman–Crippen MR) is 63.6 cm³/mol. The van der Waals surface area contributed by atoms with Crippen LogP contribution < -0.4 is 5.32 Å². The van der Waals surface area contributed by atoms with Crippen LogP contribution in [0.5, 0.6) is 0 Å². The van der Waals surface area contributed by atoms with Gasteiger partial charge < -0.3 is 5.32 Å². The largest absolute Gasteiger partial charge is 0.317 e. The average Bonchev–Trinajstić information content (AvgIpc) is 2.46. The van der Waals surface area contributed by atoms with Crippen molar-refractivity contribution in [2.45, 2.75) is 64.7 Å². The van der Waals surface area contributed by atoms with E-state index in [1.807, 2.05) is 0 Å². The lowest BCUT2D eigenvalue weighted by molar-refractivity contribution is 0.414. The molecular weight excluding hydrogens is 170 g/mol. The highest BCUT2D eigenvalue weighted by Gasteiger charge is 2.10. The third-order valence-corrected chi connectivity index (χ3v) is 3.41. The van der Waals surface area contributed by atoms with Gasteiger partial charge in [0.05, 0.1) is 0 Å². The summed E-state index contributed by atoms with van der Waals surface area (Å²) in [7, 11) is 0. The molecule has 14 heavy (non-hydrogen) atoms. The second-order valence-electron chi connectivity index (χ2n) is 4.75. The van der Waals surface area contributed by atoms with E-state index in [-0.39, 0.29) is 0 Å². The van der Waals surface area contributed by atoms with Gasteiger partial charge in [-0.1, -0.05) is 45.4 Å². The Bertz CT molecular complexity index is 114. The topological polar surface area (TPSA) is 12.0 Å². The minimum Gasteiger partial charge on any atom is -0.317 e. The number of rotatable bonds is 6. The fourth-order valence-corrected chi connectivity index (χ4v) is 2.42. The molecule has 0 saturated carbocycles. The third kappa shape index (κ3) is 5.64. The van der Waals surface area contributed by atoms with Gasteiger partial charge in [-0.2, -0.15) is 0 Å². The summed E-state index contributed by atoms with van der Waals surface area (Å²) < 4.78 is 0. The Hall–Kier alpha value is -0.0400. The smallest absolute Gasteiger partial charge is 0.00463 e. The van der Waals surface area contributed by atoms with Gasteiger partial charge in [-0.3, -0.25) is 0 Å². The maximum absolute atomic E-state index is 3.49. The highest BCUT2D eigenvalue weighted by atomic mass is 14.8. The molecule has 1 atom stereocenters. The fourth-order valence-electron chi connectivity index (χ4n) is 2.42. The molecule has 1 nitrogen and oxygen atoms in total. The van der Waals surface area contributed by atoms with Crippen molar-refractivity contribution in [3.8, 4) is 0 Å². The fraction of sp³-hybridized carbons (Fsp3) is 1.00. The van der Waals surface area contributed by atoms with Crippen molar-refractivity contribution in [3.05, 3.63) is 0 Å². The van der Waals surface area contributed by atoms with Gasteiger partial charge in [0.25, 0.3) is 0 Å². The average molecular weight is 197 g/mol. The van der Waals surface area contributed by atoms with Crippen LogP contribution in [-0.4, -0.2) is 13.1 Å². The Kier molecular flexibility index (Phi) is 7.12. The van der Waals surface area contributed by atoms with Gasteiger partial charge in [-0.05, 0) is 38.3 Å². The lowest BCUT2D eigenvalue weighted by Gasteiger charge is -2.12. The van der Waals surface area contributed by atoms with Crippen LogP contribution in [0.3, 0.4) is 0 Å². The van der Waals surface area contributed by atoms with Crippen LogP contribution in [-0.2, 0) is 0 Å². The summed E-state index contributed by atoms with van der Waals surface area (Å²) in [6.45, 7) is 4.81. The van der Waals surface area contributed by atoms with E-state index in [1.54, 1.807) is 0 Å². The van der Waals surface area contributed by atoms with Crippen LogP contribution in [0, 0.1) is 5.92 Å². The maximum Gasteiger partial charge on any atom is -0.00463 e. The second kappa shape index (κ2) is 8.28. The van der Waals surface area contributed by atoms with Crippen LogP contribution in [0.1, 0.15) is 64.7 Å². The first-order valence-electron chi connectivity index (χ1n) is 6.64. The number of hydrogen-bond acceptors (Lipinski definition) is 1. The van der Waals surface area contributed by atoms with E-state index in [9.17, 15) is 0 Å². The quantitative estimate of drug-likeness (QED) is 0.640. The second-order valence-corrected chi connectivity index (χ2v) is 4.75. The zero-order valence-electron chi connectivity index (χ0n) is 9.86. The Morgan fingerprint density at radius 3 is 2.71 bits per heavy atom. The lowest BCUT2D eigenvalue weighted by atomic mass is 9.94. The molecule has 0 aromatic carbocycles. The Morgan fingerprint density at radius 2 is 1.86 bits per heavy atom. The molecule has 0 aromatic rings. The summed E-state index contributed by atoms with van der Waals surface area (Å²) in [4.78, 5) is 0. The zero-order chi connectivity index (χ0) is 10.1. The Morgan fingerprint density at radius 1 is 1.00 bits per heavy atom. The van der Waals surface area contributed by atoms with E-state index >= 15 is 0 Å². The molecule has 0 spiro atoms. The Labute approximate surface area is 89.7 Å². The molecule has 1 heteroatoms. The lowest BCUT2D eigenvalue weighted by Crippen LogP contribution is -2.14. The van der Waals surface area contributed by atoms with Crippen molar-refractivity contribution in [1.82, 2.24) is 5.32 Å². The van der Waals surface area contributed by atoms with E-state index in [0.717, 1.165) is 5.92 Å². The monoisotopic (exact) mass is 197 g/mol. The summed E-state index contributed by atoms with van der Waals surface area (Å²) in [5.41, 5.74) is 0. The summed E-state index contributed by atoms with van der Waals surface area (Å²) in [6.07, 6.45) is 13.0. The standard InChI is InChI=1S/C13H27N/c1-2-3-4-5-6-8-13-9-7-11-14-12-10-13/h13-14H,2-12H2,1H3. The van der Waals surface area contributed by atoms with E-state index in [1.165, 1.54) is 70.9 Å². The van der Waals surface area contributed by atoms with Crippen molar-refractivity contribution >= 4 is 0 Å². The van der Waals surface area contributed by atoms with Gasteiger partial charge >= 0.3 is 0 Å². The molecule has 1 saturated heterocycles. The molecule has 84 valence electrons. The molecule has 1 aliphatic heterocycles. The van der Waals surface area contributed by atoms with Gasteiger partial charge in [0.15, 0.2) is 0 Å². The molecule has 0 bridgehead atoms. The summed E-state index contributed by atoms with van der Waals surface area (Å²) in [6, 6.07) is 0. The van der Waals surface area contributed by atoms with Crippen LogP contribution >= 0.6 is 0 Å². The van der Waals surface area contributed by atoms with Crippen molar-refractivity contribution < 1.29 is 0 Å². The van der Waals surface area contributed by atoms with Gasteiger partial charge in [-0.15, -0.1) is 0 Å². The molecule has 1 fully saturated rings. The van der Waals surface area contributed by atoms with Crippen molar-refractivity contribution in [3.63, 3.8) is 0 Å². The molecule has 0 radical (unpaired) electrons. The van der Waals surface area contributed by atoms with Crippen LogP contribution in [0.15, 0.2) is 0 Å². The van der Waals surface area contributed by atoms with Crippen molar-refractivity contribution in [2.75, 3.05) is 13.1 Å². The summed E-state index contributed by atoms with van der Waals surface area (Å²) in [5, 5.41) is 3.49. The molecule has 0 amide bonds. The zero-order valence-corrected chi connectivity index (χ0v) is 9.86. The predicted octanol–water partition coefficient (Wildman–Crippen LogP) is 3.74. The minimum atomic E-state index is 1.03. The Balaban J connectivity index is 1.93. The first-order chi connectivity index (χ1) is 6.93. The molecule has 1 heterocycles. The van der Waals surface area contributed by atoms with E-state index in [0.29, 0.717) is 0 Å². The number of unbranched alkanes of at least 4 members (excludes halogenated alkanes) is 4. The number of nitrogens with one attached hydrogen (secondary N) is 1. The van der Waals surface area contributed by atoms with E-state index < -0.39 is 0 Å². The van der Waals surface area contributed by atoms with E-state index in [4.69, 9.17) is 0 Å². The van der Waals surface area contributed by atoms with Gasteiger partial charge in [0.1, 0.15) is 0 Å². The van der Waals surface area contributed by atoms with Crippen LogP contribution in [0.2, 0.25) is 0 Å². The SMILES string of the molecule is CCCCCCCC1CCCNCC1. The van der Waals surface area contributed by atoms with Gasteiger partial charge in [0.2, 0.25) is 0 Å². The van der Waals surface area contributed by atoms with Crippen LogP contribution in [0.25, 0.3) is 0 Å². The molecule has 1 rings (SSSR count). The molecule has 1 aliphatic rings.